The minimum absolute atomic E-state index is 0.203. The van der Waals surface area contributed by atoms with Crippen LogP contribution in [0, 0.1) is 5.41 Å². The van der Waals surface area contributed by atoms with Crippen LogP contribution in [0.1, 0.15) is 30.4 Å². The van der Waals surface area contributed by atoms with Crippen LogP contribution < -0.4 is 9.47 Å². The SMILES string of the molecule is COc1cccc(CN2CCCC3(CCN(C(=O)Cc4cccnc4)C3)C2)c1OC. The fourth-order valence-electron chi connectivity index (χ4n) is 5.03. The molecule has 1 aromatic heterocycles. The van der Waals surface area contributed by atoms with Crippen molar-refractivity contribution in [3.8, 4) is 11.5 Å². The molecule has 1 unspecified atom stereocenters. The van der Waals surface area contributed by atoms with Crippen LogP contribution in [0.15, 0.2) is 42.7 Å². The maximum Gasteiger partial charge on any atom is 0.227 e. The number of benzene rings is 1. The fraction of sp³-hybridized carbons (Fsp3) is 0.500. The summed E-state index contributed by atoms with van der Waals surface area (Å²) >= 11 is 0. The lowest BCUT2D eigenvalue weighted by Crippen LogP contribution is -2.45. The third kappa shape index (κ3) is 4.43. The zero-order valence-electron chi connectivity index (χ0n) is 18.0. The van der Waals surface area contributed by atoms with Crippen molar-refractivity contribution >= 4 is 5.91 Å². The van der Waals surface area contributed by atoms with Crippen molar-refractivity contribution in [2.24, 2.45) is 5.41 Å². The first-order valence-corrected chi connectivity index (χ1v) is 10.7. The van der Waals surface area contributed by atoms with Crippen LogP contribution in [0.4, 0.5) is 0 Å². The van der Waals surface area contributed by atoms with E-state index >= 15 is 0 Å². The van der Waals surface area contributed by atoms with Gasteiger partial charge in [-0.15, -0.1) is 0 Å². The van der Waals surface area contributed by atoms with E-state index in [0.29, 0.717) is 6.42 Å². The summed E-state index contributed by atoms with van der Waals surface area (Å²) in [5.41, 5.74) is 2.34. The summed E-state index contributed by atoms with van der Waals surface area (Å²) in [6, 6.07) is 9.93. The van der Waals surface area contributed by atoms with E-state index < -0.39 is 0 Å². The number of piperidine rings is 1. The van der Waals surface area contributed by atoms with Crippen molar-refractivity contribution in [1.82, 2.24) is 14.8 Å². The number of rotatable bonds is 6. The number of pyridine rings is 1. The molecule has 0 saturated carbocycles. The van der Waals surface area contributed by atoms with E-state index in [1.807, 2.05) is 24.3 Å². The van der Waals surface area contributed by atoms with Gasteiger partial charge in [-0.05, 0) is 43.5 Å². The van der Waals surface area contributed by atoms with Crippen molar-refractivity contribution in [2.45, 2.75) is 32.2 Å². The van der Waals surface area contributed by atoms with Crippen LogP contribution >= 0.6 is 0 Å². The van der Waals surface area contributed by atoms with Gasteiger partial charge in [0.05, 0.1) is 20.6 Å². The van der Waals surface area contributed by atoms with E-state index in [-0.39, 0.29) is 11.3 Å². The Morgan fingerprint density at radius 3 is 2.77 bits per heavy atom. The molecule has 2 aromatic rings. The van der Waals surface area contributed by atoms with E-state index in [4.69, 9.17) is 9.47 Å². The minimum atomic E-state index is 0.203. The molecule has 1 aromatic carbocycles. The first-order chi connectivity index (χ1) is 14.6. The topological polar surface area (TPSA) is 54.9 Å². The van der Waals surface area contributed by atoms with Crippen molar-refractivity contribution in [3.63, 3.8) is 0 Å². The number of ether oxygens (including phenoxy) is 2. The first kappa shape index (κ1) is 20.7. The molecule has 4 rings (SSSR count). The molecule has 3 heterocycles. The summed E-state index contributed by atoms with van der Waals surface area (Å²) < 4.78 is 11.1. The second kappa shape index (κ2) is 9.04. The Morgan fingerprint density at radius 1 is 1.10 bits per heavy atom. The number of carbonyl (C=O) groups is 1. The largest absolute Gasteiger partial charge is 0.493 e. The number of hydrogen-bond donors (Lipinski definition) is 0. The molecule has 160 valence electrons. The fourth-order valence-corrected chi connectivity index (χ4v) is 5.03. The molecule has 6 heteroatoms. The maximum absolute atomic E-state index is 12.8. The zero-order valence-corrected chi connectivity index (χ0v) is 18.0. The summed E-state index contributed by atoms with van der Waals surface area (Å²) in [5.74, 6) is 1.81. The first-order valence-electron chi connectivity index (χ1n) is 10.7. The van der Waals surface area contributed by atoms with Gasteiger partial charge in [-0.2, -0.15) is 0 Å². The maximum atomic E-state index is 12.8. The predicted octanol–water partition coefficient (Wildman–Crippen LogP) is 3.16. The van der Waals surface area contributed by atoms with Gasteiger partial charge in [0.1, 0.15) is 0 Å². The van der Waals surface area contributed by atoms with Crippen LogP contribution in [-0.2, 0) is 17.8 Å². The highest BCUT2D eigenvalue weighted by molar-refractivity contribution is 5.79. The van der Waals surface area contributed by atoms with Crippen LogP contribution in [0.3, 0.4) is 0 Å². The third-order valence-electron chi connectivity index (χ3n) is 6.49. The van der Waals surface area contributed by atoms with Crippen LogP contribution in [-0.4, -0.2) is 61.1 Å². The summed E-state index contributed by atoms with van der Waals surface area (Å²) in [7, 11) is 3.37. The number of likely N-dealkylation sites (tertiary alicyclic amines) is 2. The van der Waals surface area contributed by atoms with Crippen molar-refractivity contribution in [2.75, 3.05) is 40.4 Å². The monoisotopic (exact) mass is 409 g/mol. The van der Waals surface area contributed by atoms with Gasteiger partial charge in [0.2, 0.25) is 5.91 Å². The van der Waals surface area contributed by atoms with Gasteiger partial charge in [-0.1, -0.05) is 18.2 Å². The number of methoxy groups -OCH3 is 2. The Hall–Kier alpha value is -2.60. The lowest BCUT2D eigenvalue weighted by molar-refractivity contribution is -0.130. The van der Waals surface area contributed by atoms with Crippen LogP contribution in [0.5, 0.6) is 11.5 Å². The molecule has 0 radical (unpaired) electrons. The van der Waals surface area contributed by atoms with Crippen molar-refractivity contribution in [1.29, 1.82) is 0 Å². The highest BCUT2D eigenvalue weighted by Gasteiger charge is 2.42. The molecule has 1 atom stereocenters. The highest BCUT2D eigenvalue weighted by Crippen LogP contribution is 2.40. The van der Waals surface area contributed by atoms with Crippen molar-refractivity contribution in [3.05, 3.63) is 53.9 Å². The number of para-hydroxylation sites is 1. The molecular formula is C24H31N3O3. The summed E-state index contributed by atoms with van der Waals surface area (Å²) in [6.45, 7) is 4.65. The zero-order chi connectivity index (χ0) is 21.0. The highest BCUT2D eigenvalue weighted by atomic mass is 16.5. The number of amides is 1. The molecule has 2 fully saturated rings. The molecular weight excluding hydrogens is 378 g/mol. The van der Waals surface area contributed by atoms with Gasteiger partial charge in [-0.3, -0.25) is 14.7 Å². The van der Waals surface area contributed by atoms with Gasteiger partial charge < -0.3 is 14.4 Å². The summed E-state index contributed by atoms with van der Waals surface area (Å²) in [6.07, 6.45) is 7.40. The van der Waals surface area contributed by atoms with Crippen LogP contribution in [0.25, 0.3) is 0 Å². The Bertz CT molecular complexity index is 873. The molecule has 2 aliphatic heterocycles. The lowest BCUT2D eigenvalue weighted by Gasteiger charge is -2.40. The van der Waals surface area contributed by atoms with Crippen molar-refractivity contribution < 1.29 is 14.3 Å². The van der Waals surface area contributed by atoms with E-state index in [9.17, 15) is 4.79 Å². The molecule has 2 saturated heterocycles. The molecule has 0 N–H and O–H groups in total. The Kier molecular flexibility index (Phi) is 6.23. The molecule has 1 spiro atoms. The van der Waals surface area contributed by atoms with E-state index in [2.05, 4.69) is 20.9 Å². The third-order valence-corrected chi connectivity index (χ3v) is 6.49. The van der Waals surface area contributed by atoms with Gasteiger partial charge in [0.25, 0.3) is 0 Å². The Morgan fingerprint density at radius 2 is 2.00 bits per heavy atom. The van der Waals surface area contributed by atoms with Gasteiger partial charge >= 0.3 is 0 Å². The number of carbonyl (C=O) groups excluding carboxylic acids is 1. The Labute approximate surface area is 178 Å². The van der Waals surface area contributed by atoms with Gasteiger partial charge in [0.15, 0.2) is 11.5 Å². The van der Waals surface area contributed by atoms with E-state index in [1.165, 1.54) is 6.42 Å². The van der Waals surface area contributed by atoms with Gasteiger partial charge in [0, 0.05) is 49.6 Å². The normalized spacial score (nSPS) is 21.7. The average molecular weight is 410 g/mol. The Balaban J connectivity index is 1.40. The summed E-state index contributed by atoms with van der Waals surface area (Å²) in [4.78, 5) is 21.5. The smallest absolute Gasteiger partial charge is 0.227 e. The molecule has 30 heavy (non-hydrogen) atoms. The van der Waals surface area contributed by atoms with Gasteiger partial charge in [-0.25, -0.2) is 0 Å². The lowest BCUT2D eigenvalue weighted by atomic mass is 9.79. The van der Waals surface area contributed by atoms with E-state index in [0.717, 1.165) is 68.2 Å². The average Bonchev–Trinajstić information content (AvgIpc) is 3.17. The number of hydrogen-bond acceptors (Lipinski definition) is 5. The standard InChI is InChI=1S/C24H31N3O3/c1-29-21-8-3-7-20(23(21)30-2)16-26-12-5-9-24(17-26)10-13-27(18-24)22(28)14-19-6-4-11-25-15-19/h3-4,6-8,11,15H,5,9-10,12-14,16-18H2,1-2H3. The van der Waals surface area contributed by atoms with Crippen LogP contribution in [0.2, 0.25) is 0 Å². The quantitative estimate of drug-likeness (QED) is 0.734. The number of aromatic nitrogens is 1. The molecule has 1 amide bonds. The second-order valence-corrected chi connectivity index (χ2v) is 8.57. The summed E-state index contributed by atoms with van der Waals surface area (Å²) in [5, 5.41) is 0. The second-order valence-electron chi connectivity index (χ2n) is 8.57. The minimum Gasteiger partial charge on any atom is -0.493 e. The predicted molar refractivity (Wildman–Crippen MR) is 116 cm³/mol. The van der Waals surface area contributed by atoms with E-state index in [1.54, 1.807) is 26.6 Å². The molecule has 2 aliphatic rings. The number of nitrogens with zero attached hydrogens (tertiary/aromatic N) is 3. The molecule has 0 aliphatic carbocycles. The molecule has 0 bridgehead atoms. The molecule has 6 nitrogen and oxygen atoms in total.